The molecule has 0 saturated carbocycles. The summed E-state index contributed by atoms with van der Waals surface area (Å²) in [5.41, 5.74) is -0.169. The Balaban J connectivity index is 2.34. The molecule has 4 nitrogen and oxygen atoms in total. The summed E-state index contributed by atoms with van der Waals surface area (Å²) in [6.45, 7) is 7.07. The van der Waals surface area contributed by atoms with Gasteiger partial charge in [-0.1, -0.05) is 6.92 Å². The topological polar surface area (TPSA) is 46.6 Å². The molecule has 0 radical (unpaired) electrons. The monoisotopic (exact) mass is 211 g/mol. The van der Waals surface area contributed by atoms with E-state index in [0.29, 0.717) is 25.7 Å². The number of Topliss-reactive ketones (excluding diaryl/α,β-unsaturated/α-hetero) is 1. The fourth-order valence-corrected chi connectivity index (χ4v) is 2.99. The predicted octanol–water partition coefficient (Wildman–Crippen LogP) is 0.459. The van der Waals surface area contributed by atoms with Gasteiger partial charge in [0.05, 0.1) is 19.3 Å². The summed E-state index contributed by atoms with van der Waals surface area (Å²) in [6, 6.07) is -0.289. The predicted molar refractivity (Wildman–Crippen MR) is 54.3 cm³/mol. The number of carbonyl (C=O) groups is 2. The molecule has 0 aromatic heterocycles. The van der Waals surface area contributed by atoms with Crippen LogP contribution >= 0.6 is 0 Å². The van der Waals surface area contributed by atoms with Crippen LogP contribution in [-0.2, 0) is 14.3 Å². The molecule has 0 aromatic carbocycles. The number of fused-ring (bicyclic) bond motifs is 1. The summed E-state index contributed by atoms with van der Waals surface area (Å²) in [4.78, 5) is 24.8. The molecule has 0 N–H and O–H groups in total. The van der Waals surface area contributed by atoms with E-state index in [2.05, 4.69) is 6.92 Å². The van der Waals surface area contributed by atoms with Crippen LogP contribution in [0.25, 0.3) is 0 Å². The van der Waals surface area contributed by atoms with Crippen LogP contribution in [0.4, 0.5) is 0 Å². The molecule has 1 amide bonds. The maximum atomic E-state index is 11.7. The van der Waals surface area contributed by atoms with Crippen LogP contribution in [0.5, 0.6) is 0 Å². The minimum atomic E-state index is -0.289. The second kappa shape index (κ2) is 3.30. The zero-order valence-electron chi connectivity index (χ0n) is 9.45. The van der Waals surface area contributed by atoms with E-state index in [-0.39, 0.29) is 23.1 Å². The molecule has 4 heteroatoms. The number of hydrogen-bond donors (Lipinski definition) is 0. The molecular weight excluding hydrogens is 194 g/mol. The average Bonchev–Trinajstić information content (AvgIpc) is 2.56. The normalized spacial score (nSPS) is 39.3. The van der Waals surface area contributed by atoms with Crippen molar-refractivity contribution in [3.63, 3.8) is 0 Å². The van der Waals surface area contributed by atoms with Gasteiger partial charge in [0.15, 0.2) is 5.78 Å². The van der Waals surface area contributed by atoms with Gasteiger partial charge in [0.1, 0.15) is 0 Å². The van der Waals surface area contributed by atoms with Crippen molar-refractivity contribution in [2.45, 2.75) is 26.8 Å². The van der Waals surface area contributed by atoms with Crippen molar-refractivity contribution < 1.29 is 14.3 Å². The van der Waals surface area contributed by atoms with Gasteiger partial charge in [-0.25, -0.2) is 0 Å². The van der Waals surface area contributed by atoms with E-state index < -0.39 is 0 Å². The third-order valence-electron chi connectivity index (χ3n) is 3.81. The van der Waals surface area contributed by atoms with Gasteiger partial charge in [-0.05, 0) is 6.92 Å². The van der Waals surface area contributed by atoms with Crippen molar-refractivity contribution in [3.05, 3.63) is 0 Å². The Kier molecular flexibility index (Phi) is 2.34. The fraction of sp³-hybridized carbons (Fsp3) is 0.818. The first kappa shape index (κ1) is 10.6. The Hall–Kier alpha value is -0.900. The Labute approximate surface area is 89.6 Å². The maximum Gasteiger partial charge on any atom is 0.220 e. The van der Waals surface area contributed by atoms with Crippen molar-refractivity contribution in [2.24, 2.45) is 11.3 Å². The Morgan fingerprint density at radius 3 is 2.60 bits per heavy atom. The first-order chi connectivity index (χ1) is 6.97. The molecule has 2 aliphatic rings. The van der Waals surface area contributed by atoms with Crippen LogP contribution in [0.3, 0.4) is 0 Å². The molecule has 2 saturated heterocycles. The molecule has 1 unspecified atom stereocenters. The number of ketones is 1. The zero-order valence-corrected chi connectivity index (χ0v) is 9.45. The second-order valence-corrected chi connectivity index (χ2v) is 4.90. The molecule has 3 atom stereocenters. The van der Waals surface area contributed by atoms with E-state index in [1.807, 2.05) is 0 Å². The number of ether oxygens (including phenoxy) is 1. The van der Waals surface area contributed by atoms with Crippen LogP contribution in [0, 0.1) is 11.3 Å². The summed E-state index contributed by atoms with van der Waals surface area (Å²) < 4.78 is 5.43. The summed E-state index contributed by atoms with van der Waals surface area (Å²) in [6.07, 6.45) is 0. The van der Waals surface area contributed by atoms with E-state index in [9.17, 15) is 9.59 Å². The Morgan fingerprint density at radius 1 is 1.40 bits per heavy atom. The number of rotatable bonds is 1. The van der Waals surface area contributed by atoms with E-state index in [1.54, 1.807) is 11.8 Å². The van der Waals surface area contributed by atoms with Crippen LogP contribution < -0.4 is 0 Å². The number of nitrogens with zero attached hydrogens (tertiary/aromatic N) is 1. The van der Waals surface area contributed by atoms with Crippen LogP contribution in [0.15, 0.2) is 0 Å². The highest BCUT2D eigenvalue weighted by molar-refractivity contribution is 5.88. The zero-order chi connectivity index (χ0) is 11.2. The third-order valence-corrected chi connectivity index (χ3v) is 3.81. The van der Waals surface area contributed by atoms with Gasteiger partial charge in [-0.3, -0.25) is 9.59 Å². The number of hydrogen-bond acceptors (Lipinski definition) is 3. The summed E-state index contributed by atoms with van der Waals surface area (Å²) in [5, 5.41) is 0. The molecule has 84 valence electrons. The highest BCUT2D eigenvalue weighted by Gasteiger charge is 2.56. The smallest absolute Gasteiger partial charge is 0.220 e. The SMILES string of the molecule is CC(=O)[C@H]1N(C(C)=O)C[C@@H]2COCC21C. The molecule has 2 aliphatic heterocycles. The van der Waals surface area contributed by atoms with E-state index in [1.165, 1.54) is 6.92 Å². The average molecular weight is 211 g/mol. The van der Waals surface area contributed by atoms with Gasteiger partial charge in [0.2, 0.25) is 5.91 Å². The maximum absolute atomic E-state index is 11.7. The summed E-state index contributed by atoms with van der Waals surface area (Å²) in [7, 11) is 0. The van der Waals surface area contributed by atoms with Gasteiger partial charge in [0, 0.05) is 24.8 Å². The highest BCUT2D eigenvalue weighted by atomic mass is 16.5. The molecule has 15 heavy (non-hydrogen) atoms. The number of likely N-dealkylation sites (tertiary alicyclic amines) is 1. The lowest BCUT2D eigenvalue weighted by atomic mass is 9.76. The standard InChI is InChI=1S/C11H17NO3/c1-7(13)10-11(3)6-15-5-9(11)4-12(10)8(2)14/h9-10H,4-6H2,1-3H3/t9-,10-,11?/m1/s1. The molecular formula is C11H17NO3. The van der Waals surface area contributed by atoms with Crippen molar-refractivity contribution in [1.29, 1.82) is 0 Å². The fourth-order valence-electron chi connectivity index (χ4n) is 2.99. The van der Waals surface area contributed by atoms with E-state index in [0.717, 1.165) is 0 Å². The molecule has 2 heterocycles. The number of amides is 1. The molecule has 2 fully saturated rings. The van der Waals surface area contributed by atoms with Gasteiger partial charge >= 0.3 is 0 Å². The third kappa shape index (κ3) is 1.39. The van der Waals surface area contributed by atoms with Gasteiger partial charge in [-0.15, -0.1) is 0 Å². The largest absolute Gasteiger partial charge is 0.380 e. The minimum Gasteiger partial charge on any atom is -0.380 e. The first-order valence-electron chi connectivity index (χ1n) is 5.32. The van der Waals surface area contributed by atoms with Crippen LogP contribution in [-0.4, -0.2) is 42.4 Å². The van der Waals surface area contributed by atoms with Crippen molar-refractivity contribution in [2.75, 3.05) is 19.8 Å². The first-order valence-corrected chi connectivity index (χ1v) is 5.32. The minimum absolute atomic E-state index is 0.00850. The lowest BCUT2D eigenvalue weighted by Gasteiger charge is -2.31. The quantitative estimate of drug-likeness (QED) is 0.633. The summed E-state index contributed by atoms with van der Waals surface area (Å²) >= 11 is 0. The molecule has 0 bridgehead atoms. The van der Waals surface area contributed by atoms with Crippen LogP contribution in [0.2, 0.25) is 0 Å². The highest BCUT2D eigenvalue weighted by Crippen LogP contribution is 2.45. The lowest BCUT2D eigenvalue weighted by Crippen LogP contribution is -2.46. The van der Waals surface area contributed by atoms with Gasteiger partial charge < -0.3 is 9.64 Å². The second-order valence-electron chi connectivity index (χ2n) is 4.90. The Morgan fingerprint density at radius 2 is 2.07 bits per heavy atom. The van der Waals surface area contributed by atoms with E-state index >= 15 is 0 Å². The van der Waals surface area contributed by atoms with E-state index in [4.69, 9.17) is 4.74 Å². The van der Waals surface area contributed by atoms with Crippen molar-refractivity contribution in [3.8, 4) is 0 Å². The number of carbonyl (C=O) groups excluding carboxylic acids is 2. The summed E-state index contributed by atoms with van der Waals surface area (Å²) in [5.74, 6) is 0.377. The van der Waals surface area contributed by atoms with Gasteiger partial charge in [-0.2, -0.15) is 0 Å². The van der Waals surface area contributed by atoms with Crippen molar-refractivity contribution >= 4 is 11.7 Å². The molecule has 0 spiro atoms. The van der Waals surface area contributed by atoms with Crippen molar-refractivity contribution in [1.82, 2.24) is 4.90 Å². The van der Waals surface area contributed by atoms with Crippen LogP contribution in [0.1, 0.15) is 20.8 Å². The molecule has 2 rings (SSSR count). The lowest BCUT2D eigenvalue weighted by molar-refractivity contribution is -0.138. The van der Waals surface area contributed by atoms with Gasteiger partial charge in [0.25, 0.3) is 0 Å². The molecule has 0 aliphatic carbocycles. The molecule has 0 aromatic rings. The Bertz CT molecular complexity index is 315.